The molecule has 2 rings (SSSR count). The monoisotopic (exact) mass is 429 g/mol. The van der Waals surface area contributed by atoms with Gasteiger partial charge in [0, 0.05) is 24.6 Å². The lowest BCUT2D eigenvalue weighted by molar-refractivity contribution is 0.0381. The van der Waals surface area contributed by atoms with Crippen molar-refractivity contribution >= 4 is 13.4 Å². The fraction of sp³-hybridized carbons (Fsp3) is 0.684. The van der Waals surface area contributed by atoms with Crippen molar-refractivity contribution in [2.24, 2.45) is 0 Å². The lowest BCUT2D eigenvalue weighted by Gasteiger charge is -2.37. The summed E-state index contributed by atoms with van der Waals surface area (Å²) in [7, 11) is -4.33. The molecule has 10 heteroatoms. The van der Waals surface area contributed by atoms with Gasteiger partial charge in [0.15, 0.2) is 11.6 Å². The van der Waals surface area contributed by atoms with Crippen LogP contribution in [0.4, 0.5) is 5.82 Å². The Morgan fingerprint density at radius 2 is 2.07 bits per heavy atom. The molecule has 1 aromatic heterocycles. The standard InChI is InChI=1S/C19H32N3O6P/c1-7-18(5,28-29(25,26)19(6,24)8-2)13(4)14-9-10-15(27-14)22-11-12(3)16(20)21-17(22)23/h11,15,24H,7-10H2,1-6H3,(H,25,26)(H2,20,21,23). The van der Waals surface area contributed by atoms with Gasteiger partial charge >= 0.3 is 13.3 Å². The molecule has 1 fully saturated rings. The number of nitrogen functional groups attached to an aromatic ring is 1. The Labute approximate surface area is 171 Å². The molecular weight excluding hydrogens is 397 g/mol. The summed E-state index contributed by atoms with van der Waals surface area (Å²) in [4.78, 5) is 26.4. The Morgan fingerprint density at radius 3 is 2.62 bits per heavy atom. The summed E-state index contributed by atoms with van der Waals surface area (Å²) >= 11 is 0. The number of aliphatic hydroxyl groups is 1. The van der Waals surface area contributed by atoms with Gasteiger partial charge in [0.05, 0.1) is 5.60 Å². The van der Waals surface area contributed by atoms with Crippen molar-refractivity contribution in [1.82, 2.24) is 9.55 Å². The van der Waals surface area contributed by atoms with Crippen molar-refractivity contribution in [2.75, 3.05) is 5.73 Å². The van der Waals surface area contributed by atoms with Crippen LogP contribution in [0.25, 0.3) is 0 Å². The quantitative estimate of drug-likeness (QED) is 0.562. The molecule has 4 N–H and O–H groups in total. The molecule has 0 radical (unpaired) electrons. The van der Waals surface area contributed by atoms with Crippen molar-refractivity contribution in [3.63, 3.8) is 0 Å². The maximum absolute atomic E-state index is 12.7. The van der Waals surface area contributed by atoms with Crippen LogP contribution in [0.5, 0.6) is 0 Å². The summed E-state index contributed by atoms with van der Waals surface area (Å²) in [5, 5.41) is 8.43. The van der Waals surface area contributed by atoms with E-state index in [9.17, 15) is 19.4 Å². The first kappa shape index (κ1) is 23.6. The average molecular weight is 429 g/mol. The van der Waals surface area contributed by atoms with E-state index in [0.29, 0.717) is 36.2 Å². The number of aromatic nitrogens is 2. The second-order valence-electron chi connectivity index (χ2n) is 7.93. The van der Waals surface area contributed by atoms with Gasteiger partial charge in [-0.15, -0.1) is 0 Å². The highest BCUT2D eigenvalue weighted by atomic mass is 31.2. The molecule has 29 heavy (non-hydrogen) atoms. The minimum absolute atomic E-state index is 0.0706. The third-order valence-electron chi connectivity index (χ3n) is 5.87. The number of allylic oxidation sites excluding steroid dienone is 1. The van der Waals surface area contributed by atoms with Crippen molar-refractivity contribution in [2.45, 2.75) is 84.4 Å². The Hall–Kier alpha value is -1.67. The number of nitrogens with two attached hydrogens (primary N) is 1. The molecule has 1 saturated heterocycles. The molecule has 1 aliphatic heterocycles. The van der Waals surface area contributed by atoms with E-state index < -0.39 is 30.5 Å². The van der Waals surface area contributed by atoms with Gasteiger partial charge < -0.3 is 20.5 Å². The van der Waals surface area contributed by atoms with Crippen LogP contribution >= 0.6 is 7.60 Å². The van der Waals surface area contributed by atoms with Gasteiger partial charge in [0.25, 0.3) is 0 Å². The third-order valence-corrected chi connectivity index (χ3v) is 8.05. The second kappa shape index (κ2) is 8.22. The topological polar surface area (TPSA) is 137 Å². The normalized spacial score (nSPS) is 24.9. The van der Waals surface area contributed by atoms with E-state index in [-0.39, 0.29) is 12.2 Å². The SMILES string of the molecule is CCC(C)(OP(=O)(O)C(C)(O)CC)C(C)=C1CCC(n2cc(C)c(N)nc2=O)O1. The smallest absolute Gasteiger partial charge is 0.359 e. The van der Waals surface area contributed by atoms with Crippen molar-refractivity contribution < 1.29 is 23.8 Å². The predicted octanol–water partition coefficient (Wildman–Crippen LogP) is 3.21. The predicted molar refractivity (Wildman–Crippen MR) is 110 cm³/mol. The van der Waals surface area contributed by atoms with Gasteiger partial charge in [-0.2, -0.15) is 4.98 Å². The fourth-order valence-corrected chi connectivity index (χ4v) is 4.47. The first-order valence-corrected chi connectivity index (χ1v) is 11.3. The number of nitrogens with zero attached hydrogens (tertiary/aromatic N) is 2. The van der Waals surface area contributed by atoms with E-state index in [2.05, 4.69) is 4.98 Å². The molecule has 0 amide bonds. The number of aryl methyl sites for hydroxylation is 1. The maximum atomic E-state index is 12.7. The van der Waals surface area contributed by atoms with Crippen LogP contribution < -0.4 is 11.4 Å². The van der Waals surface area contributed by atoms with Crippen LogP contribution in [0.15, 0.2) is 22.3 Å². The third kappa shape index (κ3) is 4.58. The first-order chi connectivity index (χ1) is 13.3. The van der Waals surface area contributed by atoms with Crippen LogP contribution in [0.1, 0.15) is 72.1 Å². The Bertz CT molecular complexity index is 910. The van der Waals surface area contributed by atoms with Gasteiger partial charge in [-0.25, -0.2) is 4.79 Å². The molecule has 4 unspecified atom stereocenters. The Morgan fingerprint density at radius 1 is 1.45 bits per heavy atom. The summed E-state index contributed by atoms with van der Waals surface area (Å²) in [6.45, 7) is 9.96. The molecule has 1 aromatic rings. The second-order valence-corrected chi connectivity index (χ2v) is 10.1. The van der Waals surface area contributed by atoms with Crippen LogP contribution in [0.3, 0.4) is 0 Å². The van der Waals surface area contributed by atoms with Crippen LogP contribution in [0, 0.1) is 6.92 Å². The first-order valence-electron chi connectivity index (χ1n) is 9.76. The Kier molecular flexibility index (Phi) is 6.69. The van der Waals surface area contributed by atoms with Gasteiger partial charge in [-0.3, -0.25) is 13.7 Å². The molecule has 0 bridgehead atoms. The van der Waals surface area contributed by atoms with Crippen LogP contribution in [-0.4, -0.2) is 30.5 Å². The van der Waals surface area contributed by atoms with E-state index in [1.165, 1.54) is 11.5 Å². The van der Waals surface area contributed by atoms with E-state index in [4.69, 9.17) is 15.0 Å². The van der Waals surface area contributed by atoms with Crippen molar-refractivity contribution in [3.8, 4) is 0 Å². The van der Waals surface area contributed by atoms with E-state index in [1.807, 2.05) is 6.92 Å². The number of anilines is 1. The maximum Gasteiger partial charge on any atom is 0.359 e. The van der Waals surface area contributed by atoms with Crippen LogP contribution in [-0.2, 0) is 13.8 Å². The molecule has 2 heterocycles. The van der Waals surface area contributed by atoms with E-state index >= 15 is 0 Å². The van der Waals surface area contributed by atoms with Crippen LogP contribution in [0.2, 0.25) is 0 Å². The van der Waals surface area contributed by atoms with Gasteiger partial charge in [0.1, 0.15) is 11.6 Å². The molecule has 0 saturated carbocycles. The molecule has 164 valence electrons. The zero-order valence-corrected chi connectivity index (χ0v) is 18.8. The van der Waals surface area contributed by atoms with Crippen molar-refractivity contribution in [3.05, 3.63) is 33.6 Å². The molecular formula is C19H32N3O6P. The fourth-order valence-electron chi connectivity index (χ4n) is 3.06. The summed E-state index contributed by atoms with van der Waals surface area (Å²) in [5.74, 6) is 0.779. The highest BCUT2D eigenvalue weighted by Crippen LogP contribution is 2.59. The minimum atomic E-state index is -4.33. The number of rotatable bonds is 7. The molecule has 0 aromatic carbocycles. The van der Waals surface area contributed by atoms with Gasteiger partial charge in [0.2, 0.25) is 0 Å². The number of ether oxygens (including phenoxy) is 1. The molecule has 0 aliphatic carbocycles. The number of hydrogen-bond acceptors (Lipinski definition) is 7. The van der Waals surface area contributed by atoms with Crippen molar-refractivity contribution in [1.29, 1.82) is 0 Å². The average Bonchev–Trinajstić information content (AvgIpc) is 3.13. The summed E-state index contributed by atoms with van der Waals surface area (Å²) < 4.78 is 25.7. The largest absolute Gasteiger partial charge is 0.474 e. The van der Waals surface area contributed by atoms with E-state index in [1.54, 1.807) is 33.9 Å². The molecule has 9 nitrogen and oxygen atoms in total. The molecule has 1 aliphatic rings. The highest BCUT2D eigenvalue weighted by Gasteiger charge is 2.47. The summed E-state index contributed by atoms with van der Waals surface area (Å²) in [5.41, 5.74) is 5.39. The van der Waals surface area contributed by atoms with Gasteiger partial charge in [-0.05, 0) is 46.1 Å². The zero-order chi connectivity index (χ0) is 22.2. The molecule has 4 atom stereocenters. The lowest BCUT2D eigenvalue weighted by atomic mass is 9.92. The minimum Gasteiger partial charge on any atom is -0.474 e. The Balaban J connectivity index is 2.34. The summed E-state index contributed by atoms with van der Waals surface area (Å²) in [6.07, 6.45) is 2.61. The van der Waals surface area contributed by atoms with Gasteiger partial charge in [-0.1, -0.05) is 13.8 Å². The molecule has 0 spiro atoms. The number of hydrogen-bond donors (Lipinski definition) is 3. The summed E-state index contributed by atoms with van der Waals surface area (Å²) in [6, 6.07) is 0. The zero-order valence-electron chi connectivity index (χ0n) is 17.9. The van der Waals surface area contributed by atoms with E-state index in [0.717, 1.165) is 0 Å². The highest BCUT2D eigenvalue weighted by molar-refractivity contribution is 7.54. The lowest BCUT2D eigenvalue weighted by Crippen LogP contribution is -2.34.